The van der Waals surface area contributed by atoms with Crippen LogP contribution in [-0.2, 0) is 11.3 Å². The van der Waals surface area contributed by atoms with Gasteiger partial charge in [0.15, 0.2) is 0 Å². The van der Waals surface area contributed by atoms with Crippen molar-refractivity contribution in [1.29, 1.82) is 5.26 Å². The number of nitrogens with zero attached hydrogens (tertiary/aromatic N) is 2. The van der Waals surface area contributed by atoms with Crippen LogP contribution in [0.1, 0.15) is 21.5 Å². The summed E-state index contributed by atoms with van der Waals surface area (Å²) >= 11 is 0. The number of nitrogens with one attached hydrogen (secondary N) is 1. The Morgan fingerprint density at radius 1 is 1.29 bits per heavy atom. The predicted molar refractivity (Wildman–Crippen MR) is 76.4 cm³/mol. The zero-order valence-electron chi connectivity index (χ0n) is 11.0. The smallest absolute Gasteiger partial charge is 0.338 e. The van der Waals surface area contributed by atoms with E-state index in [0.717, 1.165) is 10.9 Å². The van der Waals surface area contributed by atoms with Gasteiger partial charge in [0, 0.05) is 10.9 Å². The zero-order valence-corrected chi connectivity index (χ0v) is 11.0. The van der Waals surface area contributed by atoms with Crippen molar-refractivity contribution in [2.45, 2.75) is 6.61 Å². The molecule has 0 bridgehead atoms. The molecule has 0 aliphatic heterocycles. The molecule has 2 aromatic carbocycles. The highest BCUT2D eigenvalue weighted by Gasteiger charge is 2.10. The zero-order chi connectivity index (χ0) is 14.7. The second-order valence-electron chi connectivity index (χ2n) is 4.52. The number of carbonyl (C=O) groups is 1. The van der Waals surface area contributed by atoms with Crippen LogP contribution in [0.4, 0.5) is 0 Å². The number of esters is 1. The molecule has 0 aliphatic carbocycles. The molecule has 0 saturated carbocycles. The molecule has 5 heteroatoms. The van der Waals surface area contributed by atoms with E-state index >= 15 is 0 Å². The molecule has 1 heterocycles. The maximum Gasteiger partial charge on any atom is 0.338 e. The minimum Gasteiger partial charge on any atom is -0.457 e. The molecule has 1 aromatic heterocycles. The van der Waals surface area contributed by atoms with Crippen LogP contribution in [0.5, 0.6) is 0 Å². The molecule has 0 amide bonds. The first-order chi connectivity index (χ1) is 10.3. The molecule has 0 fully saturated rings. The highest BCUT2D eigenvalue weighted by Crippen LogP contribution is 2.15. The minimum atomic E-state index is -0.431. The SMILES string of the molecule is N#Cc1ccccc1COC(=O)c1ccc2cn[nH]c2c1. The first-order valence-electron chi connectivity index (χ1n) is 6.36. The molecule has 0 unspecified atom stereocenters. The van der Waals surface area contributed by atoms with Crippen molar-refractivity contribution in [2.75, 3.05) is 0 Å². The van der Waals surface area contributed by atoms with E-state index in [2.05, 4.69) is 16.3 Å². The van der Waals surface area contributed by atoms with Crippen LogP contribution in [0.3, 0.4) is 0 Å². The van der Waals surface area contributed by atoms with Gasteiger partial charge in [-0.3, -0.25) is 5.10 Å². The lowest BCUT2D eigenvalue weighted by atomic mass is 10.1. The van der Waals surface area contributed by atoms with Gasteiger partial charge in [0.1, 0.15) is 6.61 Å². The average molecular weight is 277 g/mol. The van der Waals surface area contributed by atoms with Crippen LogP contribution < -0.4 is 0 Å². The average Bonchev–Trinajstić information content (AvgIpc) is 3.00. The van der Waals surface area contributed by atoms with E-state index in [0.29, 0.717) is 16.7 Å². The summed E-state index contributed by atoms with van der Waals surface area (Å²) in [6, 6.07) is 14.3. The van der Waals surface area contributed by atoms with Gasteiger partial charge in [-0.15, -0.1) is 0 Å². The van der Waals surface area contributed by atoms with E-state index in [1.165, 1.54) is 0 Å². The lowest BCUT2D eigenvalue weighted by Gasteiger charge is -2.06. The van der Waals surface area contributed by atoms with Crippen molar-refractivity contribution >= 4 is 16.9 Å². The van der Waals surface area contributed by atoms with Crippen molar-refractivity contribution in [3.63, 3.8) is 0 Å². The lowest BCUT2D eigenvalue weighted by Crippen LogP contribution is -2.06. The first-order valence-corrected chi connectivity index (χ1v) is 6.36. The summed E-state index contributed by atoms with van der Waals surface area (Å²) in [6.07, 6.45) is 1.69. The Hall–Kier alpha value is -3.13. The Balaban J connectivity index is 1.75. The van der Waals surface area contributed by atoms with Gasteiger partial charge in [0.2, 0.25) is 0 Å². The summed E-state index contributed by atoms with van der Waals surface area (Å²) < 4.78 is 5.26. The lowest BCUT2D eigenvalue weighted by molar-refractivity contribution is 0.0472. The third-order valence-corrected chi connectivity index (χ3v) is 3.17. The van der Waals surface area contributed by atoms with Crippen LogP contribution >= 0.6 is 0 Å². The fourth-order valence-electron chi connectivity index (χ4n) is 2.05. The van der Waals surface area contributed by atoms with Gasteiger partial charge >= 0.3 is 5.97 Å². The Kier molecular flexibility index (Phi) is 3.36. The van der Waals surface area contributed by atoms with Gasteiger partial charge in [0.05, 0.1) is 28.9 Å². The number of H-pyrrole nitrogens is 1. The second-order valence-corrected chi connectivity index (χ2v) is 4.52. The molecule has 0 radical (unpaired) electrons. The van der Waals surface area contributed by atoms with Gasteiger partial charge in [-0.1, -0.05) is 24.3 Å². The summed E-state index contributed by atoms with van der Waals surface area (Å²) in [4.78, 5) is 12.0. The quantitative estimate of drug-likeness (QED) is 0.746. The predicted octanol–water partition coefficient (Wildman–Crippen LogP) is 2.79. The number of fused-ring (bicyclic) bond motifs is 1. The third kappa shape index (κ3) is 2.60. The number of nitriles is 1. The van der Waals surface area contributed by atoms with Crippen molar-refractivity contribution in [3.05, 3.63) is 65.4 Å². The summed E-state index contributed by atoms with van der Waals surface area (Å²) in [5.41, 5.74) is 2.42. The first kappa shape index (κ1) is 12.9. The molecule has 0 atom stereocenters. The van der Waals surface area contributed by atoms with Gasteiger partial charge in [-0.2, -0.15) is 10.4 Å². The molecule has 3 rings (SSSR count). The Morgan fingerprint density at radius 3 is 3.00 bits per heavy atom. The van der Waals surface area contributed by atoms with Gasteiger partial charge in [0.25, 0.3) is 0 Å². The molecular weight excluding hydrogens is 266 g/mol. The Bertz CT molecular complexity index is 846. The fraction of sp³-hybridized carbons (Fsp3) is 0.0625. The van der Waals surface area contributed by atoms with E-state index in [9.17, 15) is 4.79 Å². The van der Waals surface area contributed by atoms with Crippen LogP contribution in [-0.4, -0.2) is 16.2 Å². The van der Waals surface area contributed by atoms with E-state index < -0.39 is 5.97 Å². The van der Waals surface area contributed by atoms with Gasteiger partial charge < -0.3 is 4.74 Å². The molecular formula is C16H11N3O2. The Morgan fingerprint density at radius 2 is 2.14 bits per heavy atom. The number of benzene rings is 2. The van der Waals surface area contributed by atoms with Crippen LogP contribution in [0.25, 0.3) is 10.9 Å². The molecule has 102 valence electrons. The van der Waals surface area contributed by atoms with Crippen molar-refractivity contribution in [1.82, 2.24) is 10.2 Å². The molecule has 0 saturated heterocycles. The van der Waals surface area contributed by atoms with Crippen LogP contribution in [0, 0.1) is 11.3 Å². The number of aromatic amines is 1. The third-order valence-electron chi connectivity index (χ3n) is 3.17. The van der Waals surface area contributed by atoms with Crippen molar-refractivity contribution < 1.29 is 9.53 Å². The van der Waals surface area contributed by atoms with Gasteiger partial charge in [-0.25, -0.2) is 4.79 Å². The standard InChI is InChI=1S/C16H11N3O2/c17-8-12-3-1-2-4-14(12)10-21-16(20)11-5-6-13-9-18-19-15(13)7-11/h1-7,9H,10H2,(H,18,19). The maximum absolute atomic E-state index is 12.0. The van der Waals surface area contributed by atoms with E-state index in [4.69, 9.17) is 10.00 Å². The number of aromatic nitrogens is 2. The van der Waals surface area contributed by atoms with Gasteiger partial charge in [-0.05, 0) is 18.2 Å². The number of ether oxygens (including phenoxy) is 1. The number of carbonyl (C=O) groups excluding carboxylic acids is 1. The monoisotopic (exact) mass is 277 g/mol. The molecule has 21 heavy (non-hydrogen) atoms. The summed E-state index contributed by atoms with van der Waals surface area (Å²) in [5, 5.41) is 16.6. The molecule has 5 nitrogen and oxygen atoms in total. The second kappa shape index (κ2) is 5.47. The highest BCUT2D eigenvalue weighted by molar-refractivity contribution is 5.94. The van der Waals surface area contributed by atoms with E-state index in [1.54, 1.807) is 48.7 Å². The summed E-state index contributed by atoms with van der Waals surface area (Å²) in [5.74, 6) is -0.431. The van der Waals surface area contributed by atoms with E-state index in [1.807, 2.05) is 0 Å². The van der Waals surface area contributed by atoms with Crippen LogP contribution in [0.2, 0.25) is 0 Å². The molecule has 1 N–H and O–H groups in total. The number of hydrogen-bond donors (Lipinski definition) is 1. The summed E-state index contributed by atoms with van der Waals surface area (Å²) in [7, 11) is 0. The largest absolute Gasteiger partial charge is 0.457 e. The number of hydrogen-bond acceptors (Lipinski definition) is 4. The fourth-order valence-corrected chi connectivity index (χ4v) is 2.05. The molecule has 0 spiro atoms. The van der Waals surface area contributed by atoms with Crippen molar-refractivity contribution in [3.8, 4) is 6.07 Å². The number of rotatable bonds is 3. The minimum absolute atomic E-state index is 0.0730. The van der Waals surface area contributed by atoms with Crippen LogP contribution in [0.15, 0.2) is 48.7 Å². The molecule has 3 aromatic rings. The summed E-state index contributed by atoms with van der Waals surface area (Å²) in [6.45, 7) is 0.0730. The maximum atomic E-state index is 12.0. The van der Waals surface area contributed by atoms with Crippen molar-refractivity contribution in [2.24, 2.45) is 0 Å². The Labute approximate surface area is 120 Å². The normalized spacial score (nSPS) is 10.2. The van der Waals surface area contributed by atoms with E-state index in [-0.39, 0.29) is 6.61 Å². The molecule has 0 aliphatic rings. The highest BCUT2D eigenvalue weighted by atomic mass is 16.5. The topological polar surface area (TPSA) is 78.8 Å².